The number of rotatable bonds is 8. The van der Waals surface area contributed by atoms with E-state index < -0.39 is 0 Å². The van der Waals surface area contributed by atoms with Crippen LogP contribution in [0.25, 0.3) is 0 Å². The Hall–Kier alpha value is -1.91. The maximum absolute atomic E-state index is 5.43. The van der Waals surface area contributed by atoms with Gasteiger partial charge in [0.25, 0.3) is 0 Å². The molecule has 0 amide bonds. The van der Waals surface area contributed by atoms with Crippen molar-refractivity contribution in [3.05, 3.63) is 71.3 Å². The van der Waals surface area contributed by atoms with E-state index in [2.05, 4.69) is 80.2 Å². The number of hydrogen-bond donors (Lipinski definition) is 3. The van der Waals surface area contributed by atoms with Crippen LogP contribution in [0.2, 0.25) is 0 Å². The van der Waals surface area contributed by atoms with Crippen molar-refractivity contribution in [3.63, 3.8) is 0 Å². The first-order chi connectivity index (χ1) is 12.1. The second kappa shape index (κ2) is 10.2. The highest BCUT2D eigenvalue weighted by atomic mass is 32.1. The second-order valence-electron chi connectivity index (χ2n) is 6.60. The van der Waals surface area contributed by atoms with Gasteiger partial charge in [0.15, 0.2) is 5.11 Å². The highest BCUT2D eigenvalue weighted by Gasteiger charge is 2.17. The summed E-state index contributed by atoms with van der Waals surface area (Å²) in [4.78, 5) is 1.39. The first-order valence-electron chi connectivity index (χ1n) is 9.04. The molecule has 4 heteroatoms. The minimum absolute atomic E-state index is 0.375. The molecular formula is C21H30N3S+. The zero-order chi connectivity index (χ0) is 18.1. The van der Waals surface area contributed by atoms with Gasteiger partial charge in [-0.25, -0.2) is 0 Å². The summed E-state index contributed by atoms with van der Waals surface area (Å²) in [6, 6.07) is 19.8. The van der Waals surface area contributed by atoms with Crippen molar-refractivity contribution in [1.82, 2.24) is 10.6 Å². The number of hydrogen-bond acceptors (Lipinski definition) is 1. The summed E-state index contributed by atoms with van der Waals surface area (Å²) in [5, 5.41) is 7.41. The fraction of sp³-hybridized carbons (Fsp3) is 0.381. The van der Waals surface area contributed by atoms with Gasteiger partial charge < -0.3 is 15.5 Å². The highest BCUT2D eigenvalue weighted by Crippen LogP contribution is 2.11. The summed E-state index contributed by atoms with van der Waals surface area (Å²) in [6.45, 7) is 3.86. The average molecular weight is 357 g/mol. The molecule has 0 saturated heterocycles. The van der Waals surface area contributed by atoms with E-state index in [1.165, 1.54) is 21.6 Å². The lowest BCUT2D eigenvalue weighted by Crippen LogP contribution is -3.07. The van der Waals surface area contributed by atoms with Crippen LogP contribution in [0.15, 0.2) is 54.6 Å². The predicted octanol–water partition coefficient (Wildman–Crippen LogP) is 2.14. The van der Waals surface area contributed by atoms with Gasteiger partial charge in [0, 0.05) is 12.1 Å². The highest BCUT2D eigenvalue weighted by molar-refractivity contribution is 7.80. The monoisotopic (exact) mass is 356 g/mol. The van der Waals surface area contributed by atoms with Gasteiger partial charge in [-0.05, 0) is 36.2 Å². The van der Waals surface area contributed by atoms with Crippen molar-refractivity contribution in [2.24, 2.45) is 0 Å². The standard InChI is InChI=1S/C21H29N3S/c1-4-17-10-12-19(13-11-17)20(24(2)3)16-23-21(25)22-15-14-18-8-6-5-7-9-18/h5-13,20H,4,14-16H2,1-3H3,(H2,22,23,25)/p+1/t20-/m0/s1. The third kappa shape index (κ3) is 6.48. The van der Waals surface area contributed by atoms with Crippen LogP contribution in [0, 0.1) is 0 Å². The molecule has 0 aliphatic rings. The van der Waals surface area contributed by atoms with Crippen LogP contribution >= 0.6 is 12.2 Å². The molecule has 0 aromatic heterocycles. The molecule has 3 N–H and O–H groups in total. The van der Waals surface area contributed by atoms with E-state index in [1.54, 1.807) is 0 Å². The molecule has 1 atom stereocenters. The van der Waals surface area contributed by atoms with E-state index in [4.69, 9.17) is 12.2 Å². The van der Waals surface area contributed by atoms with E-state index in [0.717, 1.165) is 31.0 Å². The Morgan fingerprint density at radius 3 is 2.24 bits per heavy atom. The van der Waals surface area contributed by atoms with Gasteiger partial charge in [0.2, 0.25) is 0 Å². The molecule has 0 unspecified atom stereocenters. The quantitative estimate of drug-likeness (QED) is 0.633. The first-order valence-corrected chi connectivity index (χ1v) is 9.45. The van der Waals surface area contributed by atoms with E-state index >= 15 is 0 Å². The molecule has 0 saturated carbocycles. The van der Waals surface area contributed by atoms with Crippen LogP contribution in [-0.4, -0.2) is 32.3 Å². The maximum atomic E-state index is 5.43. The molecule has 134 valence electrons. The number of nitrogens with one attached hydrogen (secondary N) is 3. The Bertz CT molecular complexity index is 638. The van der Waals surface area contributed by atoms with Gasteiger partial charge in [-0.3, -0.25) is 0 Å². The number of likely N-dealkylation sites (N-methyl/N-ethyl adjacent to an activating group) is 1. The molecule has 0 spiro atoms. The molecule has 0 heterocycles. The van der Waals surface area contributed by atoms with E-state index in [-0.39, 0.29) is 0 Å². The number of quaternary nitrogens is 1. The fourth-order valence-corrected chi connectivity index (χ4v) is 3.05. The Morgan fingerprint density at radius 2 is 1.64 bits per heavy atom. The molecule has 0 fully saturated rings. The van der Waals surface area contributed by atoms with Crippen LogP contribution in [0.1, 0.15) is 29.7 Å². The van der Waals surface area contributed by atoms with Crippen molar-refractivity contribution in [2.45, 2.75) is 25.8 Å². The first kappa shape index (κ1) is 19.4. The third-order valence-electron chi connectivity index (χ3n) is 4.50. The van der Waals surface area contributed by atoms with Gasteiger partial charge in [0.05, 0.1) is 20.6 Å². The average Bonchev–Trinajstić information content (AvgIpc) is 2.63. The summed E-state index contributed by atoms with van der Waals surface area (Å²) in [6.07, 6.45) is 2.05. The van der Waals surface area contributed by atoms with Crippen LogP contribution in [0.4, 0.5) is 0 Å². The Kier molecular flexibility index (Phi) is 7.89. The molecule has 3 nitrogen and oxygen atoms in total. The van der Waals surface area contributed by atoms with Gasteiger partial charge in [-0.2, -0.15) is 0 Å². The van der Waals surface area contributed by atoms with Crippen LogP contribution in [0.3, 0.4) is 0 Å². The van der Waals surface area contributed by atoms with Gasteiger partial charge in [0.1, 0.15) is 6.04 Å². The number of aryl methyl sites for hydroxylation is 1. The van der Waals surface area contributed by atoms with Crippen molar-refractivity contribution in [3.8, 4) is 0 Å². The fourth-order valence-electron chi connectivity index (χ4n) is 2.86. The lowest BCUT2D eigenvalue weighted by Gasteiger charge is -2.23. The second-order valence-corrected chi connectivity index (χ2v) is 7.01. The topological polar surface area (TPSA) is 28.5 Å². The van der Waals surface area contributed by atoms with Crippen molar-refractivity contribution >= 4 is 17.3 Å². The lowest BCUT2D eigenvalue weighted by atomic mass is 10.0. The molecule has 0 aliphatic carbocycles. The van der Waals surface area contributed by atoms with Gasteiger partial charge >= 0.3 is 0 Å². The van der Waals surface area contributed by atoms with Crippen molar-refractivity contribution < 1.29 is 4.90 Å². The molecule has 0 radical (unpaired) electrons. The summed E-state index contributed by atoms with van der Waals surface area (Å²) in [5.41, 5.74) is 4.04. The normalized spacial score (nSPS) is 12.0. The number of benzene rings is 2. The summed E-state index contributed by atoms with van der Waals surface area (Å²) in [7, 11) is 4.37. The van der Waals surface area contributed by atoms with Crippen LogP contribution in [-0.2, 0) is 12.8 Å². The van der Waals surface area contributed by atoms with E-state index in [9.17, 15) is 0 Å². The lowest BCUT2D eigenvalue weighted by molar-refractivity contribution is -0.890. The predicted molar refractivity (Wildman–Crippen MR) is 110 cm³/mol. The largest absolute Gasteiger partial charge is 0.362 e. The number of thiocarbonyl (C=S) groups is 1. The van der Waals surface area contributed by atoms with E-state index in [0.29, 0.717) is 6.04 Å². The van der Waals surface area contributed by atoms with Crippen molar-refractivity contribution in [2.75, 3.05) is 27.2 Å². The smallest absolute Gasteiger partial charge is 0.166 e. The zero-order valence-corrected chi connectivity index (χ0v) is 16.3. The summed E-state index contributed by atoms with van der Waals surface area (Å²) in [5.74, 6) is 0. The minimum Gasteiger partial charge on any atom is -0.362 e. The van der Waals surface area contributed by atoms with E-state index in [1.807, 2.05) is 6.07 Å². The molecule has 25 heavy (non-hydrogen) atoms. The third-order valence-corrected chi connectivity index (χ3v) is 4.78. The molecule has 2 rings (SSSR count). The maximum Gasteiger partial charge on any atom is 0.166 e. The molecule has 2 aromatic carbocycles. The molecule has 2 aromatic rings. The molecule has 0 aliphatic heterocycles. The summed E-state index contributed by atoms with van der Waals surface area (Å²) >= 11 is 5.43. The minimum atomic E-state index is 0.375. The van der Waals surface area contributed by atoms with Gasteiger partial charge in [-0.15, -0.1) is 0 Å². The summed E-state index contributed by atoms with van der Waals surface area (Å²) < 4.78 is 0. The van der Waals surface area contributed by atoms with Gasteiger partial charge in [-0.1, -0.05) is 61.5 Å². The SMILES string of the molecule is CCc1ccc([C@H](CNC(=S)NCCc2ccccc2)[NH+](C)C)cc1. The Balaban J connectivity index is 1.80. The van der Waals surface area contributed by atoms with Crippen LogP contribution < -0.4 is 15.5 Å². The Morgan fingerprint density at radius 1 is 0.960 bits per heavy atom. The van der Waals surface area contributed by atoms with Crippen molar-refractivity contribution in [1.29, 1.82) is 0 Å². The van der Waals surface area contributed by atoms with Crippen LogP contribution in [0.5, 0.6) is 0 Å². The Labute approximate surface area is 157 Å². The molecule has 0 bridgehead atoms. The zero-order valence-electron chi connectivity index (χ0n) is 15.5. The molecular weight excluding hydrogens is 326 g/mol.